The van der Waals surface area contributed by atoms with Crippen LogP contribution in [0, 0.1) is 0 Å². The minimum absolute atomic E-state index is 0.0571. The summed E-state index contributed by atoms with van der Waals surface area (Å²) in [4.78, 5) is 35.3. The van der Waals surface area contributed by atoms with Gasteiger partial charge in [0.15, 0.2) is 0 Å². The maximum absolute atomic E-state index is 13.3. The van der Waals surface area contributed by atoms with Gasteiger partial charge >= 0.3 is 6.09 Å². The van der Waals surface area contributed by atoms with Crippen LogP contribution in [0.3, 0.4) is 0 Å². The zero-order valence-electron chi connectivity index (χ0n) is 17.0. The van der Waals surface area contributed by atoms with E-state index in [4.69, 9.17) is 16.3 Å². The predicted molar refractivity (Wildman–Crippen MR) is 123 cm³/mol. The number of carbonyl (C=O) groups is 2. The number of hydrogen-bond acceptors (Lipinski definition) is 4. The maximum Gasteiger partial charge on any atom is 0.407 e. The number of nitrogens with one attached hydrogen (secondary N) is 2. The number of rotatable bonds is 8. The molecule has 2 amide bonds. The third-order valence-electron chi connectivity index (χ3n) is 4.57. The van der Waals surface area contributed by atoms with Gasteiger partial charge in [0.2, 0.25) is 5.91 Å². The van der Waals surface area contributed by atoms with Gasteiger partial charge in [-0.25, -0.2) is 4.79 Å². The number of carbonyl (C=O) groups excluding carboxylic acids is 2. The molecule has 0 saturated heterocycles. The molecule has 0 saturated carbocycles. The van der Waals surface area contributed by atoms with Crippen molar-refractivity contribution < 1.29 is 23.8 Å². The van der Waals surface area contributed by atoms with Crippen LogP contribution < -0.4 is 15.9 Å². The van der Waals surface area contributed by atoms with Crippen LogP contribution >= 0.6 is 19.0 Å². The van der Waals surface area contributed by atoms with Crippen LogP contribution in [0.15, 0.2) is 84.9 Å². The van der Waals surface area contributed by atoms with Gasteiger partial charge in [-0.05, 0) is 35.4 Å². The summed E-state index contributed by atoms with van der Waals surface area (Å²) in [6.07, 6.45) is -0.776. The highest BCUT2D eigenvalue weighted by molar-refractivity contribution is 7.66. The molecule has 2 unspecified atom stereocenters. The minimum atomic E-state index is -4.07. The second-order valence-electron chi connectivity index (χ2n) is 6.90. The number of amides is 2. The molecule has 7 nitrogen and oxygen atoms in total. The molecule has 3 aromatic rings. The van der Waals surface area contributed by atoms with Crippen molar-refractivity contribution in [1.29, 1.82) is 0 Å². The Hall–Kier alpha value is -3.12. The fourth-order valence-corrected chi connectivity index (χ4v) is 4.86. The minimum Gasteiger partial charge on any atom is -0.445 e. The van der Waals surface area contributed by atoms with Gasteiger partial charge in [-0.1, -0.05) is 72.3 Å². The maximum atomic E-state index is 13.3. The lowest BCUT2D eigenvalue weighted by atomic mass is 10.2. The molecular weight excluding hydrogens is 451 g/mol. The smallest absolute Gasteiger partial charge is 0.407 e. The van der Waals surface area contributed by atoms with Gasteiger partial charge < -0.3 is 20.3 Å². The SMILES string of the molecule is O=C(CNC(=O)OCc1ccccc1)NC(c1ccc(Cl)cc1)P(=O)(O)c1ccccc1. The summed E-state index contributed by atoms with van der Waals surface area (Å²) in [6, 6.07) is 23.4. The van der Waals surface area contributed by atoms with Crippen LogP contribution in [0.25, 0.3) is 0 Å². The van der Waals surface area contributed by atoms with E-state index in [0.29, 0.717) is 10.6 Å². The van der Waals surface area contributed by atoms with Crippen molar-refractivity contribution >= 4 is 36.3 Å². The summed E-state index contributed by atoms with van der Waals surface area (Å²) in [6.45, 7) is -0.367. The summed E-state index contributed by atoms with van der Waals surface area (Å²) in [5.74, 6) is -1.87. The Labute approximate surface area is 190 Å². The first-order chi connectivity index (χ1) is 15.4. The van der Waals surface area contributed by atoms with Gasteiger partial charge in [0, 0.05) is 10.3 Å². The Morgan fingerprint density at radius 2 is 1.53 bits per heavy atom. The van der Waals surface area contributed by atoms with Crippen molar-refractivity contribution in [3.8, 4) is 0 Å². The topological polar surface area (TPSA) is 105 Å². The molecule has 3 aromatic carbocycles. The van der Waals surface area contributed by atoms with Crippen molar-refractivity contribution in [1.82, 2.24) is 10.6 Å². The lowest BCUT2D eigenvalue weighted by molar-refractivity contribution is -0.120. The van der Waals surface area contributed by atoms with Crippen molar-refractivity contribution in [3.05, 3.63) is 101 Å². The number of benzene rings is 3. The highest BCUT2D eigenvalue weighted by Gasteiger charge is 2.35. The zero-order chi connectivity index (χ0) is 23.0. The Morgan fingerprint density at radius 1 is 0.938 bits per heavy atom. The molecule has 0 fully saturated rings. The second kappa shape index (κ2) is 11.0. The van der Waals surface area contributed by atoms with Crippen LogP contribution in [0.4, 0.5) is 4.79 Å². The number of halogens is 1. The normalized spacial score (nSPS) is 13.4. The fraction of sp³-hybridized carbons (Fsp3) is 0.130. The Kier molecular flexibility index (Phi) is 8.06. The number of ether oxygens (including phenoxy) is 1. The second-order valence-corrected chi connectivity index (χ2v) is 9.61. The van der Waals surface area contributed by atoms with Crippen LogP contribution in [0.2, 0.25) is 5.02 Å². The summed E-state index contributed by atoms with van der Waals surface area (Å²) in [5, 5.41) is 5.54. The molecule has 2 atom stereocenters. The molecule has 9 heteroatoms. The largest absolute Gasteiger partial charge is 0.445 e. The first-order valence-corrected chi connectivity index (χ1v) is 11.8. The Balaban J connectivity index is 1.66. The standard InChI is InChI=1S/C23H22ClN2O5P/c24-19-13-11-18(12-14-19)22(32(29,30)20-9-5-2-6-10-20)26-21(27)15-25-23(28)31-16-17-7-3-1-4-8-17/h1-14,22H,15-16H2,(H,25,28)(H,26,27)(H,29,30). The third kappa shape index (κ3) is 6.44. The van der Waals surface area contributed by atoms with E-state index in [1.54, 1.807) is 54.6 Å². The van der Waals surface area contributed by atoms with Crippen LogP contribution in [0.1, 0.15) is 16.9 Å². The fourth-order valence-electron chi connectivity index (χ4n) is 2.94. The van der Waals surface area contributed by atoms with Crippen molar-refractivity contribution in [2.75, 3.05) is 6.54 Å². The number of hydrogen-bond donors (Lipinski definition) is 3. The average Bonchev–Trinajstić information content (AvgIpc) is 2.81. The van der Waals surface area contributed by atoms with Crippen molar-refractivity contribution in [2.45, 2.75) is 12.4 Å². The molecule has 32 heavy (non-hydrogen) atoms. The molecule has 0 bridgehead atoms. The molecule has 0 radical (unpaired) electrons. The molecule has 3 rings (SSSR count). The lowest BCUT2D eigenvalue weighted by Gasteiger charge is -2.25. The van der Waals surface area contributed by atoms with Crippen LogP contribution in [-0.2, 0) is 20.7 Å². The highest BCUT2D eigenvalue weighted by atomic mass is 35.5. The molecule has 0 aliphatic heterocycles. The molecule has 0 heterocycles. The quantitative estimate of drug-likeness (QED) is 0.430. The molecule has 0 spiro atoms. The van der Waals surface area contributed by atoms with Gasteiger partial charge in [0.1, 0.15) is 18.9 Å². The summed E-state index contributed by atoms with van der Waals surface area (Å²) >= 11 is 5.93. The lowest BCUT2D eigenvalue weighted by Crippen LogP contribution is -2.39. The van der Waals surface area contributed by atoms with Crippen molar-refractivity contribution in [2.24, 2.45) is 0 Å². The number of alkyl carbamates (subject to hydrolysis) is 1. The first kappa shape index (κ1) is 23.5. The van der Waals surface area contributed by atoms with Gasteiger partial charge in [0.25, 0.3) is 7.37 Å². The van der Waals surface area contributed by atoms with E-state index in [0.717, 1.165) is 5.56 Å². The van der Waals surface area contributed by atoms with E-state index in [1.807, 2.05) is 18.2 Å². The van der Waals surface area contributed by atoms with Gasteiger partial charge in [-0.2, -0.15) is 0 Å². The van der Waals surface area contributed by atoms with E-state index < -0.39 is 31.7 Å². The summed E-state index contributed by atoms with van der Waals surface area (Å²) in [5.41, 5.74) is 1.21. The molecule has 0 aliphatic carbocycles. The predicted octanol–water partition coefficient (Wildman–Crippen LogP) is 3.98. The average molecular weight is 473 g/mol. The van der Waals surface area contributed by atoms with E-state index in [1.165, 1.54) is 12.1 Å². The Bertz CT molecular complexity index is 1090. The van der Waals surface area contributed by atoms with E-state index in [2.05, 4.69) is 10.6 Å². The Morgan fingerprint density at radius 3 is 2.16 bits per heavy atom. The van der Waals surface area contributed by atoms with Crippen LogP contribution in [0.5, 0.6) is 0 Å². The first-order valence-electron chi connectivity index (χ1n) is 9.74. The van der Waals surface area contributed by atoms with Gasteiger partial charge in [0.05, 0.1) is 0 Å². The molecule has 3 N–H and O–H groups in total. The zero-order valence-corrected chi connectivity index (χ0v) is 18.6. The molecule has 0 aromatic heterocycles. The monoisotopic (exact) mass is 472 g/mol. The summed E-state index contributed by atoms with van der Waals surface area (Å²) in [7, 11) is -4.07. The molecular formula is C23H22ClN2O5P. The summed E-state index contributed by atoms with van der Waals surface area (Å²) < 4.78 is 18.4. The van der Waals surface area contributed by atoms with Crippen molar-refractivity contribution in [3.63, 3.8) is 0 Å². The van der Waals surface area contributed by atoms with Crippen LogP contribution in [-0.4, -0.2) is 23.4 Å². The molecule has 166 valence electrons. The third-order valence-corrected chi connectivity index (χ3v) is 6.98. The van der Waals surface area contributed by atoms with E-state index >= 15 is 0 Å². The van der Waals surface area contributed by atoms with E-state index in [9.17, 15) is 19.0 Å². The van der Waals surface area contributed by atoms with Gasteiger partial charge in [-0.15, -0.1) is 0 Å². The molecule has 0 aliphatic rings. The van der Waals surface area contributed by atoms with Gasteiger partial charge in [-0.3, -0.25) is 9.36 Å². The highest BCUT2D eigenvalue weighted by Crippen LogP contribution is 2.52. The van der Waals surface area contributed by atoms with E-state index in [-0.39, 0.29) is 11.9 Å².